The molecule has 2 aliphatic heterocycles. The Hall–Kier alpha value is -1.30. The molecule has 0 spiro atoms. The molecule has 3 aliphatic rings. The maximum absolute atomic E-state index is 12.4. The Morgan fingerprint density at radius 1 is 1.10 bits per heavy atom. The van der Waals surface area contributed by atoms with E-state index in [1.807, 2.05) is 4.90 Å². The van der Waals surface area contributed by atoms with E-state index in [9.17, 15) is 9.59 Å². The van der Waals surface area contributed by atoms with E-state index in [2.05, 4.69) is 17.3 Å². The van der Waals surface area contributed by atoms with Gasteiger partial charge in [-0.3, -0.25) is 9.69 Å². The number of likely N-dealkylation sites (tertiary alicyclic amines) is 1. The lowest BCUT2D eigenvalue weighted by atomic mass is 10.1. The van der Waals surface area contributed by atoms with Crippen molar-refractivity contribution in [3.63, 3.8) is 0 Å². The van der Waals surface area contributed by atoms with Gasteiger partial charge in [0.2, 0.25) is 0 Å². The standard InChI is InChI=1S/C15H25N3O3/c1-17-12-4-5-13(17)9-18(7-6-12)15(21)16-11-3-2-10(8-11)14(19)20/h10-13H,2-9H2,1H3,(H,16,21)(H,19,20)/t10-,11+,12?,13?/m1/s1. The first-order valence-corrected chi connectivity index (χ1v) is 8.04. The number of rotatable bonds is 2. The van der Waals surface area contributed by atoms with Crippen LogP contribution in [0.5, 0.6) is 0 Å². The summed E-state index contributed by atoms with van der Waals surface area (Å²) in [6.07, 6.45) is 5.49. The molecule has 6 heteroatoms. The number of urea groups is 1. The number of hydrogen-bond donors (Lipinski definition) is 2. The predicted molar refractivity (Wildman–Crippen MR) is 78.1 cm³/mol. The third-order valence-electron chi connectivity index (χ3n) is 5.55. The number of amides is 2. The third kappa shape index (κ3) is 3.00. The second-order valence-electron chi connectivity index (χ2n) is 6.78. The van der Waals surface area contributed by atoms with Gasteiger partial charge in [-0.2, -0.15) is 0 Å². The van der Waals surface area contributed by atoms with E-state index in [-0.39, 0.29) is 18.0 Å². The highest BCUT2D eigenvalue weighted by atomic mass is 16.4. The van der Waals surface area contributed by atoms with Crippen LogP contribution in [0.25, 0.3) is 0 Å². The largest absolute Gasteiger partial charge is 0.481 e. The Labute approximate surface area is 125 Å². The first-order chi connectivity index (χ1) is 10.0. The maximum atomic E-state index is 12.4. The highest BCUT2D eigenvalue weighted by Crippen LogP contribution is 2.29. The predicted octanol–water partition coefficient (Wildman–Crippen LogP) is 1.12. The molecule has 2 saturated heterocycles. The number of aliphatic carboxylic acids is 1. The number of nitrogens with zero attached hydrogens (tertiary/aromatic N) is 2. The molecule has 2 heterocycles. The van der Waals surface area contributed by atoms with Crippen LogP contribution in [-0.2, 0) is 4.79 Å². The lowest BCUT2D eigenvalue weighted by Crippen LogP contribution is -2.47. The topological polar surface area (TPSA) is 72.9 Å². The summed E-state index contributed by atoms with van der Waals surface area (Å²) in [5.41, 5.74) is 0. The van der Waals surface area contributed by atoms with Crippen LogP contribution in [0.4, 0.5) is 4.79 Å². The summed E-state index contributed by atoms with van der Waals surface area (Å²) in [6.45, 7) is 1.61. The van der Waals surface area contributed by atoms with Gasteiger partial charge in [0.15, 0.2) is 0 Å². The van der Waals surface area contributed by atoms with Crippen molar-refractivity contribution < 1.29 is 14.7 Å². The minimum Gasteiger partial charge on any atom is -0.481 e. The Morgan fingerprint density at radius 2 is 1.86 bits per heavy atom. The molecule has 21 heavy (non-hydrogen) atoms. The molecule has 0 aromatic carbocycles. The van der Waals surface area contributed by atoms with Crippen molar-refractivity contribution in [1.29, 1.82) is 0 Å². The summed E-state index contributed by atoms with van der Waals surface area (Å²) >= 11 is 0. The number of fused-ring (bicyclic) bond motifs is 2. The molecule has 6 nitrogen and oxygen atoms in total. The van der Waals surface area contributed by atoms with Crippen LogP contribution in [0, 0.1) is 5.92 Å². The fraction of sp³-hybridized carbons (Fsp3) is 0.867. The van der Waals surface area contributed by atoms with Gasteiger partial charge in [-0.25, -0.2) is 4.79 Å². The van der Waals surface area contributed by atoms with Crippen molar-refractivity contribution >= 4 is 12.0 Å². The van der Waals surface area contributed by atoms with E-state index in [1.54, 1.807) is 0 Å². The molecule has 2 N–H and O–H groups in total. The van der Waals surface area contributed by atoms with E-state index in [0.29, 0.717) is 24.9 Å². The SMILES string of the molecule is CN1C2CCC1CN(C(=O)N[C@H]1CC[C@@H](C(=O)O)C1)CC2. The Morgan fingerprint density at radius 3 is 2.57 bits per heavy atom. The first kappa shape index (κ1) is 14.6. The van der Waals surface area contributed by atoms with Crippen molar-refractivity contribution in [3.05, 3.63) is 0 Å². The molecule has 0 radical (unpaired) electrons. The van der Waals surface area contributed by atoms with E-state index in [1.165, 1.54) is 12.8 Å². The van der Waals surface area contributed by atoms with Gasteiger partial charge in [0, 0.05) is 31.2 Å². The molecule has 3 fully saturated rings. The average Bonchev–Trinajstić information content (AvgIpc) is 2.95. The van der Waals surface area contributed by atoms with Crippen LogP contribution in [0.2, 0.25) is 0 Å². The highest BCUT2D eigenvalue weighted by Gasteiger charge is 2.37. The van der Waals surface area contributed by atoms with Crippen molar-refractivity contribution in [1.82, 2.24) is 15.1 Å². The molecule has 118 valence electrons. The number of nitrogens with one attached hydrogen (secondary N) is 1. The number of carbonyl (C=O) groups is 2. The highest BCUT2D eigenvalue weighted by molar-refractivity contribution is 5.75. The zero-order valence-electron chi connectivity index (χ0n) is 12.6. The number of carboxylic acid groups (broad SMARTS) is 1. The quantitative estimate of drug-likeness (QED) is 0.800. The number of likely N-dealkylation sites (N-methyl/N-ethyl adjacent to an activating group) is 1. The van der Waals surface area contributed by atoms with Gasteiger partial charge in [-0.1, -0.05) is 0 Å². The van der Waals surface area contributed by atoms with Crippen molar-refractivity contribution in [2.45, 2.75) is 56.7 Å². The zero-order chi connectivity index (χ0) is 15.0. The van der Waals surface area contributed by atoms with Crippen molar-refractivity contribution in [2.24, 2.45) is 5.92 Å². The first-order valence-electron chi connectivity index (χ1n) is 8.04. The molecule has 0 aromatic rings. The number of hydrogen-bond acceptors (Lipinski definition) is 3. The van der Waals surface area contributed by atoms with E-state index < -0.39 is 5.97 Å². The second-order valence-corrected chi connectivity index (χ2v) is 6.78. The van der Waals surface area contributed by atoms with Gasteiger partial charge >= 0.3 is 12.0 Å². The summed E-state index contributed by atoms with van der Waals surface area (Å²) in [6, 6.07) is 1.12. The molecule has 0 aromatic heterocycles. The minimum atomic E-state index is -0.736. The van der Waals surface area contributed by atoms with Gasteiger partial charge in [0.1, 0.15) is 0 Å². The Bertz CT molecular complexity index is 428. The zero-order valence-corrected chi connectivity index (χ0v) is 12.6. The maximum Gasteiger partial charge on any atom is 0.317 e. The number of carbonyl (C=O) groups excluding carboxylic acids is 1. The van der Waals surface area contributed by atoms with Crippen molar-refractivity contribution in [2.75, 3.05) is 20.1 Å². The summed E-state index contributed by atoms with van der Waals surface area (Å²) in [7, 11) is 2.16. The van der Waals surface area contributed by atoms with Gasteiger partial charge in [0.25, 0.3) is 0 Å². The molecular formula is C15H25N3O3. The van der Waals surface area contributed by atoms with Gasteiger partial charge in [-0.05, 0) is 45.6 Å². The molecule has 3 rings (SSSR count). The van der Waals surface area contributed by atoms with Crippen LogP contribution in [-0.4, -0.2) is 65.2 Å². The lowest BCUT2D eigenvalue weighted by molar-refractivity contribution is -0.141. The third-order valence-corrected chi connectivity index (χ3v) is 5.55. The van der Waals surface area contributed by atoms with E-state index >= 15 is 0 Å². The molecule has 1 aliphatic carbocycles. The van der Waals surface area contributed by atoms with Crippen LogP contribution < -0.4 is 5.32 Å². The van der Waals surface area contributed by atoms with E-state index in [4.69, 9.17) is 5.11 Å². The van der Waals surface area contributed by atoms with Gasteiger partial charge in [0.05, 0.1) is 5.92 Å². The fourth-order valence-electron chi connectivity index (χ4n) is 4.10. The lowest BCUT2D eigenvalue weighted by Gasteiger charge is -2.27. The normalized spacial score (nSPS) is 36.5. The molecular weight excluding hydrogens is 270 g/mol. The summed E-state index contributed by atoms with van der Waals surface area (Å²) in [4.78, 5) is 27.7. The number of carboxylic acids is 1. The minimum absolute atomic E-state index is 0.00742. The monoisotopic (exact) mass is 295 g/mol. The molecule has 2 unspecified atom stereocenters. The fourth-order valence-corrected chi connectivity index (χ4v) is 4.10. The van der Waals surface area contributed by atoms with Gasteiger partial charge < -0.3 is 15.3 Å². The van der Waals surface area contributed by atoms with Crippen LogP contribution in [0.15, 0.2) is 0 Å². The molecule has 2 bridgehead atoms. The summed E-state index contributed by atoms with van der Waals surface area (Å²) in [5.74, 6) is -1.03. The second kappa shape index (κ2) is 5.83. The smallest absolute Gasteiger partial charge is 0.317 e. The van der Waals surface area contributed by atoms with Crippen LogP contribution >= 0.6 is 0 Å². The van der Waals surface area contributed by atoms with E-state index in [0.717, 1.165) is 25.9 Å². The van der Waals surface area contributed by atoms with Crippen LogP contribution in [0.3, 0.4) is 0 Å². The average molecular weight is 295 g/mol. The van der Waals surface area contributed by atoms with Gasteiger partial charge in [-0.15, -0.1) is 0 Å². The summed E-state index contributed by atoms with van der Waals surface area (Å²) in [5, 5.41) is 12.1. The molecule has 1 saturated carbocycles. The Balaban J connectivity index is 1.53. The summed E-state index contributed by atoms with van der Waals surface area (Å²) < 4.78 is 0. The van der Waals surface area contributed by atoms with Crippen molar-refractivity contribution in [3.8, 4) is 0 Å². The molecule has 4 atom stereocenters. The Kier molecular flexibility index (Phi) is 4.06. The van der Waals surface area contributed by atoms with Crippen LogP contribution in [0.1, 0.15) is 38.5 Å². The molecule has 2 amide bonds.